The van der Waals surface area contributed by atoms with E-state index < -0.39 is 0 Å². The van der Waals surface area contributed by atoms with Gasteiger partial charge in [0.05, 0.1) is 0 Å². The Morgan fingerprint density at radius 2 is 2.06 bits per heavy atom. The van der Waals surface area contributed by atoms with Gasteiger partial charge in [-0.25, -0.2) is 0 Å². The summed E-state index contributed by atoms with van der Waals surface area (Å²) in [5.41, 5.74) is 10.4. The Labute approximate surface area is 111 Å². The number of thiophene rings is 1. The summed E-state index contributed by atoms with van der Waals surface area (Å²) in [6, 6.07) is 5.37. The van der Waals surface area contributed by atoms with Crippen LogP contribution in [0.15, 0.2) is 29.0 Å². The average molecular weight is 260 g/mol. The molecule has 0 saturated carbocycles. The highest BCUT2D eigenvalue weighted by Crippen LogP contribution is 2.15. The Bertz CT molecular complexity index is 575. The first-order chi connectivity index (χ1) is 8.58. The molecule has 1 aromatic heterocycles. The molecule has 4 heteroatoms. The number of rotatable bonds is 3. The Morgan fingerprint density at radius 1 is 1.28 bits per heavy atom. The fraction of sp³-hybridized carbons (Fsp3) is 0.214. The van der Waals surface area contributed by atoms with E-state index in [1.807, 2.05) is 19.9 Å². The maximum absolute atomic E-state index is 12.0. The molecule has 3 nitrogen and oxygen atoms in total. The van der Waals surface area contributed by atoms with Gasteiger partial charge in [0.2, 0.25) is 0 Å². The zero-order valence-corrected chi connectivity index (χ0v) is 11.3. The molecule has 1 amide bonds. The second-order valence-electron chi connectivity index (χ2n) is 4.33. The fourth-order valence-electron chi connectivity index (χ4n) is 1.63. The van der Waals surface area contributed by atoms with Crippen LogP contribution >= 0.6 is 11.3 Å². The van der Waals surface area contributed by atoms with E-state index in [9.17, 15) is 4.79 Å². The van der Waals surface area contributed by atoms with Crippen molar-refractivity contribution in [2.75, 3.05) is 5.73 Å². The van der Waals surface area contributed by atoms with Gasteiger partial charge in [-0.1, -0.05) is 6.07 Å². The molecule has 0 aliphatic heterocycles. The second-order valence-corrected chi connectivity index (χ2v) is 5.08. The van der Waals surface area contributed by atoms with Crippen molar-refractivity contribution in [1.29, 1.82) is 0 Å². The molecule has 1 aromatic carbocycles. The highest BCUT2D eigenvalue weighted by molar-refractivity contribution is 7.08. The van der Waals surface area contributed by atoms with Crippen LogP contribution in [0.25, 0.3) is 0 Å². The number of carbonyl (C=O) groups excluding carboxylic acids is 1. The van der Waals surface area contributed by atoms with Gasteiger partial charge in [-0.2, -0.15) is 11.3 Å². The van der Waals surface area contributed by atoms with Crippen LogP contribution in [0.5, 0.6) is 0 Å². The van der Waals surface area contributed by atoms with Gasteiger partial charge in [-0.15, -0.1) is 0 Å². The summed E-state index contributed by atoms with van der Waals surface area (Å²) in [4.78, 5) is 12.0. The van der Waals surface area contributed by atoms with Gasteiger partial charge >= 0.3 is 0 Å². The largest absolute Gasteiger partial charge is 0.398 e. The van der Waals surface area contributed by atoms with Gasteiger partial charge < -0.3 is 11.1 Å². The monoisotopic (exact) mass is 260 g/mol. The molecule has 0 radical (unpaired) electrons. The van der Waals surface area contributed by atoms with E-state index >= 15 is 0 Å². The minimum atomic E-state index is -0.0905. The molecule has 0 atom stereocenters. The first-order valence-electron chi connectivity index (χ1n) is 5.74. The van der Waals surface area contributed by atoms with Gasteiger partial charge in [-0.05, 0) is 53.4 Å². The molecule has 0 fully saturated rings. The SMILES string of the molecule is Cc1ccc(C(=O)NCc2cscc2C)cc1N. The molecule has 0 bridgehead atoms. The number of anilines is 1. The maximum Gasteiger partial charge on any atom is 0.251 e. The van der Waals surface area contributed by atoms with Gasteiger partial charge in [0.25, 0.3) is 5.91 Å². The summed E-state index contributed by atoms with van der Waals surface area (Å²) in [6.45, 7) is 4.52. The quantitative estimate of drug-likeness (QED) is 0.834. The Balaban J connectivity index is 2.04. The van der Waals surface area contributed by atoms with Crippen LogP contribution in [-0.2, 0) is 6.54 Å². The van der Waals surface area contributed by atoms with E-state index in [0.29, 0.717) is 17.8 Å². The smallest absolute Gasteiger partial charge is 0.251 e. The number of nitrogen functional groups attached to an aromatic ring is 1. The van der Waals surface area contributed by atoms with E-state index in [0.717, 1.165) is 11.1 Å². The van der Waals surface area contributed by atoms with Crippen LogP contribution in [0.3, 0.4) is 0 Å². The van der Waals surface area contributed by atoms with Crippen molar-refractivity contribution in [3.63, 3.8) is 0 Å². The lowest BCUT2D eigenvalue weighted by atomic mass is 10.1. The molecule has 0 aliphatic rings. The Morgan fingerprint density at radius 3 is 2.67 bits per heavy atom. The zero-order chi connectivity index (χ0) is 13.1. The molecule has 2 aromatic rings. The van der Waals surface area contributed by atoms with Crippen molar-refractivity contribution in [3.05, 3.63) is 51.2 Å². The van der Waals surface area contributed by atoms with Crippen LogP contribution in [0.4, 0.5) is 5.69 Å². The summed E-state index contributed by atoms with van der Waals surface area (Å²) in [5, 5.41) is 7.03. The maximum atomic E-state index is 12.0. The molecule has 3 N–H and O–H groups in total. The predicted octanol–water partition coefficient (Wildman–Crippen LogP) is 2.88. The Kier molecular flexibility index (Phi) is 3.67. The topological polar surface area (TPSA) is 55.1 Å². The highest BCUT2D eigenvalue weighted by atomic mass is 32.1. The number of carbonyl (C=O) groups is 1. The third-order valence-corrected chi connectivity index (χ3v) is 3.85. The van der Waals surface area contributed by atoms with Crippen LogP contribution in [0.2, 0.25) is 0 Å². The number of benzene rings is 1. The lowest BCUT2D eigenvalue weighted by Crippen LogP contribution is -2.23. The minimum absolute atomic E-state index is 0.0905. The van der Waals surface area contributed by atoms with Gasteiger partial charge in [0.15, 0.2) is 0 Å². The number of hydrogen-bond acceptors (Lipinski definition) is 3. The number of nitrogens with two attached hydrogens (primary N) is 1. The fourth-order valence-corrected chi connectivity index (χ4v) is 2.48. The van der Waals surface area contributed by atoms with Gasteiger partial charge in [0, 0.05) is 17.8 Å². The lowest BCUT2D eigenvalue weighted by Gasteiger charge is -2.07. The van der Waals surface area contributed by atoms with Gasteiger partial charge in [0.1, 0.15) is 0 Å². The van der Waals surface area contributed by atoms with E-state index in [1.54, 1.807) is 23.5 Å². The summed E-state index contributed by atoms with van der Waals surface area (Å²) in [7, 11) is 0. The summed E-state index contributed by atoms with van der Waals surface area (Å²) >= 11 is 1.65. The summed E-state index contributed by atoms with van der Waals surface area (Å²) in [6.07, 6.45) is 0. The van der Waals surface area contributed by atoms with Crippen LogP contribution < -0.4 is 11.1 Å². The molecule has 2 rings (SSSR count). The van der Waals surface area contributed by atoms with Crippen molar-refractivity contribution in [1.82, 2.24) is 5.32 Å². The average Bonchev–Trinajstić information content (AvgIpc) is 2.75. The zero-order valence-electron chi connectivity index (χ0n) is 10.5. The first-order valence-corrected chi connectivity index (χ1v) is 6.68. The van der Waals surface area contributed by atoms with Crippen LogP contribution in [0.1, 0.15) is 27.0 Å². The normalized spacial score (nSPS) is 10.3. The molecule has 18 heavy (non-hydrogen) atoms. The molecule has 0 saturated heterocycles. The van der Waals surface area contributed by atoms with Crippen LogP contribution in [-0.4, -0.2) is 5.91 Å². The Hall–Kier alpha value is -1.81. The molecule has 0 aliphatic carbocycles. The van der Waals surface area contributed by atoms with E-state index in [1.165, 1.54) is 5.56 Å². The third-order valence-electron chi connectivity index (χ3n) is 2.94. The number of amides is 1. The summed E-state index contributed by atoms with van der Waals surface area (Å²) < 4.78 is 0. The van der Waals surface area contributed by atoms with Crippen molar-refractivity contribution in [3.8, 4) is 0 Å². The molecule has 94 valence electrons. The van der Waals surface area contributed by atoms with Crippen molar-refractivity contribution >= 4 is 22.9 Å². The number of hydrogen-bond donors (Lipinski definition) is 2. The van der Waals surface area contributed by atoms with Crippen molar-refractivity contribution in [2.45, 2.75) is 20.4 Å². The first kappa shape index (κ1) is 12.6. The highest BCUT2D eigenvalue weighted by Gasteiger charge is 2.07. The van der Waals surface area contributed by atoms with Gasteiger partial charge in [-0.3, -0.25) is 4.79 Å². The summed E-state index contributed by atoms with van der Waals surface area (Å²) in [5.74, 6) is -0.0905. The minimum Gasteiger partial charge on any atom is -0.398 e. The van der Waals surface area contributed by atoms with E-state index in [4.69, 9.17) is 5.73 Å². The molecule has 0 unspecified atom stereocenters. The molecule has 0 spiro atoms. The number of nitrogens with one attached hydrogen (secondary N) is 1. The number of aryl methyl sites for hydroxylation is 2. The second kappa shape index (κ2) is 5.23. The van der Waals surface area contributed by atoms with Crippen molar-refractivity contribution in [2.24, 2.45) is 0 Å². The van der Waals surface area contributed by atoms with Crippen molar-refractivity contribution < 1.29 is 4.79 Å². The lowest BCUT2D eigenvalue weighted by molar-refractivity contribution is 0.0951. The predicted molar refractivity (Wildman–Crippen MR) is 75.8 cm³/mol. The third kappa shape index (κ3) is 2.71. The van der Waals surface area contributed by atoms with E-state index in [2.05, 4.69) is 16.1 Å². The molecular weight excluding hydrogens is 244 g/mol. The standard InChI is InChI=1S/C14H16N2OS/c1-9-3-4-11(5-13(9)15)14(17)16-6-12-8-18-7-10(12)2/h3-5,7-8H,6,15H2,1-2H3,(H,16,17). The molecular formula is C14H16N2OS. The molecule has 1 heterocycles. The van der Waals surface area contributed by atoms with E-state index in [-0.39, 0.29) is 5.91 Å². The van der Waals surface area contributed by atoms with Crippen LogP contribution in [0, 0.1) is 13.8 Å².